The number of rotatable bonds is 8. The summed E-state index contributed by atoms with van der Waals surface area (Å²) in [6.45, 7) is 3.33. The Morgan fingerprint density at radius 2 is 1.90 bits per heavy atom. The standard InChI is InChI=1S/C29H29F3N4O3/c1-16-11-18(3-7-23(16)28(38)39)19-13-24(33-10-9-29(30,31)32)26-25(14-19)36(15-34-26)21-6-8-22(17(2)12-21)27(37)35-20-4-5-20/h3,6-8,11,13-15,20-21,33H,4-5,9-10,12H2,1-2H3,(H,35,37)(H,38,39). The van der Waals surface area contributed by atoms with E-state index in [1.807, 2.05) is 29.7 Å². The van der Waals surface area contributed by atoms with Crippen molar-refractivity contribution in [3.8, 4) is 11.1 Å². The molecule has 39 heavy (non-hydrogen) atoms. The van der Waals surface area contributed by atoms with Gasteiger partial charge in [-0.05, 0) is 68.0 Å². The molecule has 1 fully saturated rings. The number of carbonyl (C=O) groups is 2. The summed E-state index contributed by atoms with van der Waals surface area (Å²) in [5, 5.41) is 15.3. The summed E-state index contributed by atoms with van der Waals surface area (Å²) < 4.78 is 40.5. The number of benzene rings is 2. The van der Waals surface area contributed by atoms with Crippen LogP contribution in [0.25, 0.3) is 22.2 Å². The maximum absolute atomic E-state index is 12.9. The van der Waals surface area contributed by atoms with Crippen molar-refractivity contribution in [2.24, 2.45) is 0 Å². The first kappa shape index (κ1) is 26.5. The zero-order valence-corrected chi connectivity index (χ0v) is 21.6. The second-order valence-corrected chi connectivity index (χ2v) is 10.2. The van der Waals surface area contributed by atoms with Crippen LogP contribution in [0, 0.1) is 6.92 Å². The average Bonchev–Trinajstić information content (AvgIpc) is 3.57. The summed E-state index contributed by atoms with van der Waals surface area (Å²) in [5.41, 5.74) is 5.53. The van der Waals surface area contributed by atoms with E-state index in [4.69, 9.17) is 0 Å². The molecule has 3 N–H and O–H groups in total. The van der Waals surface area contributed by atoms with Gasteiger partial charge in [-0.25, -0.2) is 9.78 Å². The van der Waals surface area contributed by atoms with Gasteiger partial charge >= 0.3 is 12.1 Å². The second kappa shape index (κ2) is 10.2. The van der Waals surface area contributed by atoms with Gasteiger partial charge in [0.25, 0.3) is 5.91 Å². The van der Waals surface area contributed by atoms with E-state index < -0.39 is 18.6 Å². The second-order valence-electron chi connectivity index (χ2n) is 10.2. The molecule has 2 aliphatic carbocycles. The SMILES string of the molecule is CC1=C(C(=O)NC2CC2)C=CC(n2cnc3c(NCCC(F)(F)F)cc(-c4ccc(C(=O)O)c(C)c4)cc32)C1. The van der Waals surface area contributed by atoms with Gasteiger partial charge in [-0.3, -0.25) is 4.79 Å². The third-order valence-corrected chi connectivity index (χ3v) is 7.17. The number of hydrogen-bond donors (Lipinski definition) is 3. The highest BCUT2D eigenvalue weighted by molar-refractivity contribution is 5.98. The first-order chi connectivity index (χ1) is 18.5. The minimum absolute atomic E-state index is 0.0706. The summed E-state index contributed by atoms with van der Waals surface area (Å²) in [6, 6.07) is 8.75. The highest BCUT2D eigenvalue weighted by Crippen LogP contribution is 2.36. The fourth-order valence-corrected chi connectivity index (χ4v) is 4.91. The molecule has 1 saturated carbocycles. The number of aromatic nitrogens is 2. The Bertz CT molecular complexity index is 1520. The quantitative estimate of drug-likeness (QED) is 0.319. The minimum atomic E-state index is -4.30. The number of carbonyl (C=O) groups excluding carboxylic acids is 1. The minimum Gasteiger partial charge on any atom is -0.478 e. The van der Waals surface area contributed by atoms with E-state index in [0.29, 0.717) is 28.8 Å². The van der Waals surface area contributed by atoms with Crippen LogP contribution in [0.2, 0.25) is 0 Å². The van der Waals surface area contributed by atoms with Gasteiger partial charge in [0.05, 0.1) is 35.6 Å². The lowest BCUT2D eigenvalue weighted by Crippen LogP contribution is -2.28. The van der Waals surface area contributed by atoms with Gasteiger partial charge in [-0.1, -0.05) is 29.9 Å². The topological polar surface area (TPSA) is 96.3 Å². The number of aryl methyl sites for hydroxylation is 1. The van der Waals surface area contributed by atoms with E-state index in [9.17, 15) is 27.9 Å². The number of carboxylic acids is 1. The zero-order valence-electron chi connectivity index (χ0n) is 21.6. The van der Waals surface area contributed by atoms with E-state index in [2.05, 4.69) is 15.6 Å². The first-order valence-electron chi connectivity index (χ1n) is 12.8. The van der Waals surface area contributed by atoms with Crippen molar-refractivity contribution in [2.75, 3.05) is 11.9 Å². The Kier molecular flexibility index (Phi) is 6.96. The van der Waals surface area contributed by atoms with Crippen LogP contribution in [0.4, 0.5) is 18.9 Å². The van der Waals surface area contributed by atoms with Crippen molar-refractivity contribution in [2.45, 2.75) is 57.8 Å². The molecule has 1 heterocycles. The molecule has 5 rings (SSSR count). The highest BCUT2D eigenvalue weighted by Gasteiger charge is 2.28. The molecule has 3 aromatic rings. The first-order valence-corrected chi connectivity index (χ1v) is 12.8. The van der Waals surface area contributed by atoms with Crippen LogP contribution in [-0.2, 0) is 4.79 Å². The molecule has 0 bridgehead atoms. The van der Waals surface area contributed by atoms with Gasteiger partial charge < -0.3 is 20.3 Å². The molecular formula is C29H29F3N4O3. The van der Waals surface area contributed by atoms with Crippen molar-refractivity contribution >= 4 is 28.6 Å². The molecule has 10 heteroatoms. The zero-order chi connectivity index (χ0) is 27.9. The van der Waals surface area contributed by atoms with Crippen molar-refractivity contribution in [1.29, 1.82) is 0 Å². The van der Waals surface area contributed by atoms with Crippen LogP contribution in [0.5, 0.6) is 0 Å². The van der Waals surface area contributed by atoms with Crippen LogP contribution >= 0.6 is 0 Å². The summed E-state index contributed by atoms with van der Waals surface area (Å²) in [5.74, 6) is -1.10. The number of carboxylic acid groups (broad SMARTS) is 1. The maximum Gasteiger partial charge on any atom is 0.390 e. The Labute approximate surface area is 223 Å². The van der Waals surface area contributed by atoms with E-state index in [1.54, 1.807) is 31.5 Å². The molecule has 1 aromatic heterocycles. The number of nitrogens with zero attached hydrogens (tertiary/aromatic N) is 2. The van der Waals surface area contributed by atoms with Crippen LogP contribution in [-0.4, -0.2) is 45.3 Å². The fourth-order valence-electron chi connectivity index (χ4n) is 4.91. The molecule has 1 amide bonds. The molecule has 2 aromatic carbocycles. The number of imidazole rings is 1. The number of allylic oxidation sites excluding steroid dienone is 2. The normalized spacial score (nSPS) is 17.5. The predicted molar refractivity (Wildman–Crippen MR) is 143 cm³/mol. The van der Waals surface area contributed by atoms with Gasteiger partial charge in [-0.15, -0.1) is 0 Å². The summed E-state index contributed by atoms with van der Waals surface area (Å²) >= 11 is 0. The maximum atomic E-state index is 12.9. The molecule has 0 saturated heterocycles. The summed E-state index contributed by atoms with van der Waals surface area (Å²) in [4.78, 5) is 28.6. The summed E-state index contributed by atoms with van der Waals surface area (Å²) in [6.07, 6.45) is 2.75. The van der Waals surface area contributed by atoms with Crippen LogP contribution in [0.1, 0.15) is 54.6 Å². The largest absolute Gasteiger partial charge is 0.478 e. The van der Waals surface area contributed by atoms with Crippen molar-refractivity contribution in [3.05, 3.63) is 71.1 Å². The monoisotopic (exact) mass is 538 g/mol. The van der Waals surface area contributed by atoms with Gasteiger partial charge in [0, 0.05) is 18.2 Å². The molecule has 0 aliphatic heterocycles. The predicted octanol–water partition coefficient (Wildman–Crippen LogP) is 6.17. The van der Waals surface area contributed by atoms with E-state index in [0.717, 1.165) is 35.1 Å². The number of amides is 1. The molecule has 1 atom stereocenters. The molecular weight excluding hydrogens is 509 g/mol. The Hall–Kier alpha value is -4.08. The Morgan fingerprint density at radius 1 is 1.13 bits per heavy atom. The number of fused-ring (bicyclic) bond motifs is 1. The van der Waals surface area contributed by atoms with Gasteiger partial charge in [0.2, 0.25) is 0 Å². The highest BCUT2D eigenvalue weighted by atomic mass is 19.4. The lowest BCUT2D eigenvalue weighted by Gasteiger charge is -2.22. The molecule has 7 nitrogen and oxygen atoms in total. The number of halogens is 3. The van der Waals surface area contributed by atoms with E-state index in [1.165, 1.54) is 6.07 Å². The number of hydrogen-bond acceptors (Lipinski definition) is 4. The number of aromatic carboxylic acids is 1. The third-order valence-electron chi connectivity index (χ3n) is 7.17. The van der Waals surface area contributed by atoms with E-state index in [-0.39, 0.29) is 30.1 Å². The van der Waals surface area contributed by atoms with Crippen LogP contribution in [0.3, 0.4) is 0 Å². The third kappa shape index (κ3) is 5.84. The number of anilines is 1. The molecule has 0 spiro atoms. The smallest absolute Gasteiger partial charge is 0.390 e. The number of alkyl halides is 3. The fraction of sp³-hybridized carbons (Fsp3) is 0.345. The average molecular weight is 539 g/mol. The van der Waals surface area contributed by atoms with Gasteiger partial charge in [0.15, 0.2) is 0 Å². The lowest BCUT2D eigenvalue weighted by atomic mass is 9.94. The summed E-state index contributed by atoms with van der Waals surface area (Å²) in [7, 11) is 0. The molecule has 2 aliphatic rings. The Morgan fingerprint density at radius 3 is 2.54 bits per heavy atom. The molecule has 204 valence electrons. The Balaban J connectivity index is 1.51. The van der Waals surface area contributed by atoms with Crippen LogP contribution < -0.4 is 10.6 Å². The van der Waals surface area contributed by atoms with Gasteiger partial charge in [0.1, 0.15) is 5.52 Å². The van der Waals surface area contributed by atoms with Gasteiger partial charge in [-0.2, -0.15) is 13.2 Å². The lowest BCUT2D eigenvalue weighted by molar-refractivity contribution is -0.131. The van der Waals surface area contributed by atoms with Crippen LogP contribution in [0.15, 0.2) is 60.0 Å². The van der Waals surface area contributed by atoms with Crippen molar-refractivity contribution in [1.82, 2.24) is 14.9 Å². The van der Waals surface area contributed by atoms with Crippen molar-refractivity contribution < 1.29 is 27.9 Å². The van der Waals surface area contributed by atoms with Crippen molar-refractivity contribution in [3.63, 3.8) is 0 Å². The van der Waals surface area contributed by atoms with E-state index >= 15 is 0 Å². The molecule has 0 radical (unpaired) electrons. The molecule has 1 unspecified atom stereocenters. The number of nitrogens with one attached hydrogen (secondary N) is 2.